The summed E-state index contributed by atoms with van der Waals surface area (Å²) < 4.78 is 1.93. The summed E-state index contributed by atoms with van der Waals surface area (Å²) in [4.78, 5) is 0. The molecule has 1 unspecified atom stereocenters. The highest BCUT2D eigenvalue weighted by atomic mass is 35.5. The Labute approximate surface area is 114 Å². The van der Waals surface area contributed by atoms with Gasteiger partial charge in [-0.1, -0.05) is 25.4 Å². The summed E-state index contributed by atoms with van der Waals surface area (Å²) in [6.07, 6.45) is 2.32. The Morgan fingerprint density at radius 1 is 1.39 bits per heavy atom. The van der Waals surface area contributed by atoms with E-state index in [1.807, 2.05) is 25.5 Å². The minimum Gasteiger partial charge on any atom is -0.396 e. The first-order chi connectivity index (χ1) is 8.57. The molecule has 0 aliphatic heterocycles. The molecule has 0 aromatic carbocycles. The van der Waals surface area contributed by atoms with E-state index in [0.717, 1.165) is 35.8 Å². The average molecular weight is 274 g/mol. The fraction of sp³-hybridized carbons (Fsp3) is 0.769. The minimum atomic E-state index is -0.290. The van der Waals surface area contributed by atoms with Crippen LogP contribution in [0.1, 0.15) is 38.6 Å². The molecule has 1 heterocycles. The molecule has 4 nitrogen and oxygen atoms in total. The molecule has 1 aromatic heterocycles. The molecular formula is C13H24ClN3O. The van der Waals surface area contributed by atoms with Gasteiger partial charge in [-0.2, -0.15) is 5.10 Å². The Bertz CT molecular complexity index is 378. The van der Waals surface area contributed by atoms with Gasteiger partial charge in [0.05, 0.1) is 23.0 Å². The van der Waals surface area contributed by atoms with E-state index in [-0.39, 0.29) is 12.0 Å². The minimum absolute atomic E-state index is 0.0761. The van der Waals surface area contributed by atoms with Gasteiger partial charge < -0.3 is 10.8 Å². The predicted octanol–water partition coefficient (Wildman–Crippen LogP) is 2.01. The first kappa shape index (κ1) is 15.5. The van der Waals surface area contributed by atoms with E-state index >= 15 is 0 Å². The molecule has 3 N–H and O–H groups in total. The average Bonchev–Trinajstić information content (AvgIpc) is 2.72. The molecule has 0 fully saturated rings. The lowest BCUT2D eigenvalue weighted by Crippen LogP contribution is -2.36. The van der Waals surface area contributed by atoms with Crippen LogP contribution in [0, 0.1) is 5.41 Å². The number of hydrogen-bond donors (Lipinski definition) is 2. The van der Waals surface area contributed by atoms with Crippen LogP contribution in [-0.4, -0.2) is 28.0 Å². The molecule has 18 heavy (non-hydrogen) atoms. The highest BCUT2D eigenvalue weighted by Gasteiger charge is 2.29. The van der Waals surface area contributed by atoms with Crippen molar-refractivity contribution in [1.82, 2.24) is 9.78 Å². The lowest BCUT2D eigenvalue weighted by Gasteiger charge is -2.29. The van der Waals surface area contributed by atoms with Crippen molar-refractivity contribution >= 4 is 11.6 Å². The normalized spacial score (nSPS) is 14.8. The molecule has 104 valence electrons. The maximum Gasteiger partial charge on any atom is 0.0850 e. The molecule has 0 aliphatic rings. The summed E-state index contributed by atoms with van der Waals surface area (Å²) in [5.74, 6) is 0. The zero-order valence-electron chi connectivity index (χ0n) is 11.5. The van der Waals surface area contributed by atoms with E-state index in [1.165, 1.54) is 0 Å². The summed E-state index contributed by atoms with van der Waals surface area (Å²) >= 11 is 6.38. The van der Waals surface area contributed by atoms with Gasteiger partial charge in [-0.3, -0.25) is 4.68 Å². The van der Waals surface area contributed by atoms with Gasteiger partial charge in [-0.05, 0) is 26.2 Å². The third kappa shape index (κ3) is 2.87. The van der Waals surface area contributed by atoms with Gasteiger partial charge in [0.15, 0.2) is 0 Å². The Morgan fingerprint density at radius 2 is 2.06 bits per heavy atom. The monoisotopic (exact) mass is 273 g/mol. The SMILES string of the molecule is CCc1nn(CC)c(CC(CC)(CN)CO)c1Cl. The second-order valence-corrected chi connectivity index (χ2v) is 5.15. The van der Waals surface area contributed by atoms with Crippen LogP contribution in [0.25, 0.3) is 0 Å². The molecular weight excluding hydrogens is 250 g/mol. The second-order valence-electron chi connectivity index (χ2n) is 4.77. The van der Waals surface area contributed by atoms with Gasteiger partial charge >= 0.3 is 0 Å². The van der Waals surface area contributed by atoms with E-state index < -0.39 is 0 Å². The van der Waals surface area contributed by atoms with Crippen molar-refractivity contribution in [2.75, 3.05) is 13.2 Å². The summed E-state index contributed by atoms with van der Waals surface area (Å²) in [6.45, 7) is 7.44. The number of aliphatic hydroxyl groups is 1. The van der Waals surface area contributed by atoms with Crippen molar-refractivity contribution in [2.45, 2.75) is 46.6 Å². The molecule has 1 atom stereocenters. The number of rotatable bonds is 7. The number of nitrogens with two attached hydrogens (primary N) is 1. The van der Waals surface area contributed by atoms with Gasteiger partial charge in [-0.25, -0.2) is 0 Å². The number of aliphatic hydroxyl groups excluding tert-OH is 1. The quantitative estimate of drug-likeness (QED) is 0.799. The zero-order chi connectivity index (χ0) is 13.8. The van der Waals surface area contributed by atoms with Crippen molar-refractivity contribution in [3.05, 3.63) is 16.4 Å². The van der Waals surface area contributed by atoms with Gasteiger partial charge in [0.1, 0.15) is 0 Å². The Balaban J connectivity index is 3.12. The fourth-order valence-electron chi connectivity index (χ4n) is 2.12. The van der Waals surface area contributed by atoms with Gasteiger partial charge in [0.25, 0.3) is 0 Å². The number of hydrogen-bond acceptors (Lipinski definition) is 3. The molecule has 0 saturated heterocycles. The van der Waals surface area contributed by atoms with E-state index in [2.05, 4.69) is 5.10 Å². The van der Waals surface area contributed by atoms with Crippen LogP contribution in [-0.2, 0) is 19.4 Å². The summed E-state index contributed by atoms with van der Waals surface area (Å²) in [5, 5.41) is 14.8. The topological polar surface area (TPSA) is 64.1 Å². The molecule has 0 spiro atoms. The van der Waals surface area contributed by atoms with E-state index in [9.17, 15) is 5.11 Å². The van der Waals surface area contributed by atoms with Crippen molar-refractivity contribution in [3.63, 3.8) is 0 Å². The summed E-state index contributed by atoms with van der Waals surface area (Å²) in [6, 6.07) is 0. The lowest BCUT2D eigenvalue weighted by molar-refractivity contribution is 0.125. The van der Waals surface area contributed by atoms with Crippen molar-refractivity contribution in [1.29, 1.82) is 0 Å². The van der Waals surface area contributed by atoms with Gasteiger partial charge in [-0.15, -0.1) is 0 Å². The zero-order valence-corrected chi connectivity index (χ0v) is 12.3. The first-order valence-corrected chi connectivity index (χ1v) is 7.00. The van der Waals surface area contributed by atoms with Crippen LogP contribution in [0.15, 0.2) is 0 Å². The van der Waals surface area contributed by atoms with Crippen LogP contribution in [0.4, 0.5) is 0 Å². The number of aromatic nitrogens is 2. The first-order valence-electron chi connectivity index (χ1n) is 6.62. The van der Waals surface area contributed by atoms with Crippen LogP contribution in [0.5, 0.6) is 0 Å². The maximum atomic E-state index is 9.60. The predicted molar refractivity (Wildman–Crippen MR) is 74.9 cm³/mol. The van der Waals surface area contributed by atoms with Crippen LogP contribution in [0.3, 0.4) is 0 Å². The Kier molecular flexibility index (Phi) is 5.63. The highest BCUT2D eigenvalue weighted by molar-refractivity contribution is 6.31. The standard InChI is InChI=1S/C13H24ClN3O/c1-4-10-12(14)11(17(6-3)16-10)7-13(5-2,8-15)9-18/h18H,4-9,15H2,1-3H3. The third-order valence-corrected chi connectivity index (χ3v) is 4.19. The molecule has 0 bridgehead atoms. The van der Waals surface area contributed by atoms with Crippen LogP contribution >= 0.6 is 11.6 Å². The van der Waals surface area contributed by atoms with Gasteiger partial charge in [0, 0.05) is 18.5 Å². The summed E-state index contributed by atoms with van der Waals surface area (Å²) in [5.41, 5.74) is 7.46. The largest absolute Gasteiger partial charge is 0.396 e. The number of nitrogens with zero attached hydrogens (tertiary/aromatic N) is 2. The second kappa shape index (κ2) is 6.55. The number of aryl methyl sites for hydroxylation is 2. The Morgan fingerprint density at radius 3 is 2.44 bits per heavy atom. The van der Waals surface area contributed by atoms with Crippen molar-refractivity contribution < 1.29 is 5.11 Å². The van der Waals surface area contributed by atoms with E-state index in [4.69, 9.17) is 17.3 Å². The highest BCUT2D eigenvalue weighted by Crippen LogP contribution is 2.31. The molecule has 0 aliphatic carbocycles. The lowest BCUT2D eigenvalue weighted by atomic mass is 9.81. The number of halogens is 1. The molecule has 5 heteroatoms. The molecule has 0 radical (unpaired) electrons. The molecule has 1 aromatic rings. The molecule has 1 rings (SSSR count). The van der Waals surface area contributed by atoms with E-state index in [1.54, 1.807) is 0 Å². The summed E-state index contributed by atoms with van der Waals surface area (Å²) in [7, 11) is 0. The maximum absolute atomic E-state index is 9.60. The van der Waals surface area contributed by atoms with Gasteiger partial charge in [0.2, 0.25) is 0 Å². The van der Waals surface area contributed by atoms with Crippen LogP contribution < -0.4 is 5.73 Å². The van der Waals surface area contributed by atoms with Crippen molar-refractivity contribution in [3.8, 4) is 0 Å². The molecule has 0 amide bonds. The Hall–Kier alpha value is -0.580. The third-order valence-electron chi connectivity index (χ3n) is 3.76. The fourth-order valence-corrected chi connectivity index (χ4v) is 2.45. The van der Waals surface area contributed by atoms with Crippen LogP contribution in [0.2, 0.25) is 5.02 Å². The van der Waals surface area contributed by atoms with E-state index in [0.29, 0.717) is 13.0 Å². The van der Waals surface area contributed by atoms with Crippen molar-refractivity contribution in [2.24, 2.45) is 11.1 Å². The molecule has 0 saturated carbocycles. The smallest absolute Gasteiger partial charge is 0.0850 e.